The molecular formula is C28H34ClN7OS. The van der Waals surface area contributed by atoms with Gasteiger partial charge in [-0.05, 0) is 68.0 Å². The molecule has 2 N–H and O–H groups in total. The lowest BCUT2D eigenvalue weighted by Gasteiger charge is -2.27. The molecule has 2 aromatic carbocycles. The molecule has 0 radical (unpaired) electrons. The minimum absolute atomic E-state index is 0.0535. The van der Waals surface area contributed by atoms with Gasteiger partial charge in [0.25, 0.3) is 0 Å². The summed E-state index contributed by atoms with van der Waals surface area (Å²) in [5.74, 6) is 1.36. The van der Waals surface area contributed by atoms with Crippen molar-refractivity contribution in [1.82, 2.24) is 15.3 Å². The Kier molecular flexibility index (Phi) is 11.5. The summed E-state index contributed by atoms with van der Waals surface area (Å²) in [5.41, 5.74) is 2.08. The number of urea groups is 1. The summed E-state index contributed by atoms with van der Waals surface area (Å²) in [7, 11) is 0. The number of rotatable bonds is 5. The number of aromatic nitrogens is 2. The number of nitriles is 1. The Morgan fingerprint density at radius 2 is 1.82 bits per heavy atom. The first kappa shape index (κ1) is 29.1. The van der Waals surface area contributed by atoms with E-state index in [4.69, 9.17) is 11.6 Å². The lowest BCUT2D eigenvalue weighted by molar-refractivity contribution is 0.252. The maximum Gasteiger partial charge on any atom is 0.321 e. The molecule has 2 aliphatic rings. The predicted octanol–water partition coefficient (Wildman–Crippen LogP) is 6.70. The molecule has 3 heterocycles. The molecule has 0 saturated carbocycles. The van der Waals surface area contributed by atoms with Crippen LogP contribution in [0.2, 0.25) is 5.02 Å². The molecule has 2 amide bonds. The summed E-state index contributed by atoms with van der Waals surface area (Å²) in [6, 6.07) is 17.4. The maximum atomic E-state index is 11.3. The highest BCUT2D eigenvalue weighted by Gasteiger charge is 2.20. The summed E-state index contributed by atoms with van der Waals surface area (Å²) in [4.78, 5) is 25.3. The number of thioether (sulfide) groups is 1. The molecule has 200 valence electrons. The molecule has 0 bridgehead atoms. The van der Waals surface area contributed by atoms with E-state index < -0.39 is 0 Å². The second-order valence-electron chi connectivity index (χ2n) is 8.30. The van der Waals surface area contributed by atoms with Crippen molar-refractivity contribution >= 4 is 52.4 Å². The van der Waals surface area contributed by atoms with E-state index in [0.717, 1.165) is 30.3 Å². The second-order valence-corrected chi connectivity index (χ2v) is 9.62. The van der Waals surface area contributed by atoms with Gasteiger partial charge in [0.05, 0.1) is 6.20 Å². The first-order valence-corrected chi connectivity index (χ1v) is 14.4. The van der Waals surface area contributed by atoms with E-state index in [2.05, 4.69) is 31.6 Å². The zero-order valence-corrected chi connectivity index (χ0v) is 23.6. The zero-order valence-electron chi connectivity index (χ0n) is 22.1. The Morgan fingerprint density at radius 3 is 2.42 bits per heavy atom. The van der Waals surface area contributed by atoms with Crippen LogP contribution in [0.15, 0.2) is 59.6 Å². The fraction of sp³-hybridized carbons (Fsp3) is 0.357. The van der Waals surface area contributed by atoms with E-state index in [0.29, 0.717) is 29.6 Å². The van der Waals surface area contributed by atoms with Crippen molar-refractivity contribution in [2.75, 3.05) is 47.6 Å². The van der Waals surface area contributed by atoms with Gasteiger partial charge in [0.15, 0.2) is 11.5 Å². The Morgan fingerprint density at radius 1 is 1.08 bits per heavy atom. The summed E-state index contributed by atoms with van der Waals surface area (Å²) in [6.07, 6.45) is 7.38. The summed E-state index contributed by atoms with van der Waals surface area (Å²) in [5, 5.41) is 15.9. The van der Waals surface area contributed by atoms with Crippen LogP contribution < -0.4 is 20.4 Å². The van der Waals surface area contributed by atoms with Crippen LogP contribution in [0.4, 0.5) is 27.8 Å². The molecule has 2 fully saturated rings. The molecule has 3 aromatic rings. The molecule has 0 aliphatic carbocycles. The number of amides is 2. The number of anilines is 4. The third-order valence-electron chi connectivity index (χ3n) is 5.88. The number of nitrogens with zero attached hydrogens (tertiary/aromatic N) is 5. The van der Waals surface area contributed by atoms with Gasteiger partial charge in [0, 0.05) is 47.5 Å². The van der Waals surface area contributed by atoms with Gasteiger partial charge in [0.1, 0.15) is 11.9 Å². The van der Waals surface area contributed by atoms with E-state index in [-0.39, 0.29) is 6.03 Å². The van der Waals surface area contributed by atoms with E-state index in [1.54, 1.807) is 35.0 Å². The van der Waals surface area contributed by atoms with E-state index in [9.17, 15) is 10.1 Å². The van der Waals surface area contributed by atoms with Crippen LogP contribution in [0, 0.1) is 11.3 Å². The fourth-order valence-electron chi connectivity index (χ4n) is 4.00. The van der Waals surface area contributed by atoms with Crippen LogP contribution in [0.3, 0.4) is 0 Å². The molecule has 8 nitrogen and oxygen atoms in total. The number of hydrogen-bond acceptors (Lipinski definition) is 7. The Hall–Kier alpha value is -3.48. The van der Waals surface area contributed by atoms with Gasteiger partial charge in [-0.2, -0.15) is 5.26 Å². The van der Waals surface area contributed by atoms with Crippen molar-refractivity contribution in [2.24, 2.45) is 0 Å². The molecule has 5 rings (SSSR count). The molecule has 10 heteroatoms. The first-order valence-electron chi connectivity index (χ1n) is 12.8. The average Bonchev–Trinajstić information content (AvgIpc) is 3.41. The van der Waals surface area contributed by atoms with Crippen molar-refractivity contribution in [3.05, 3.63) is 65.4 Å². The lowest BCUT2D eigenvalue weighted by Crippen LogP contribution is -2.30. The van der Waals surface area contributed by atoms with Crippen molar-refractivity contribution in [3.8, 4) is 6.07 Å². The highest BCUT2D eigenvalue weighted by atomic mass is 35.5. The molecule has 0 unspecified atom stereocenters. The lowest BCUT2D eigenvalue weighted by atomic mass is 10.1. The first-order chi connectivity index (χ1) is 18.6. The summed E-state index contributed by atoms with van der Waals surface area (Å²) in [6.45, 7) is 7.41. The second kappa shape index (κ2) is 15.1. The van der Waals surface area contributed by atoms with Crippen molar-refractivity contribution in [1.29, 1.82) is 5.26 Å². The Balaban J connectivity index is 0.000000225. The topological polar surface area (TPSA) is 97.2 Å². The summed E-state index contributed by atoms with van der Waals surface area (Å²) >= 11 is 7.51. The zero-order chi connectivity index (χ0) is 27.3. The normalized spacial score (nSPS) is 14.3. The van der Waals surface area contributed by atoms with Gasteiger partial charge >= 0.3 is 6.03 Å². The van der Waals surface area contributed by atoms with Gasteiger partial charge in [-0.1, -0.05) is 31.5 Å². The maximum absolute atomic E-state index is 11.3. The van der Waals surface area contributed by atoms with E-state index in [1.165, 1.54) is 24.2 Å². The Bertz CT molecular complexity index is 1230. The SMILES string of the molecule is CC.CSc1ccc(Nc2nc(N3CCCCC3)cnc2C#N)cc1.O=C1NCCN1c1cccc(Cl)c1. The van der Waals surface area contributed by atoms with Gasteiger partial charge in [-0.25, -0.2) is 14.8 Å². The van der Waals surface area contributed by atoms with Crippen LogP contribution in [-0.4, -0.2) is 48.4 Å². The largest absolute Gasteiger partial charge is 0.355 e. The highest BCUT2D eigenvalue weighted by molar-refractivity contribution is 7.98. The molecule has 38 heavy (non-hydrogen) atoms. The van der Waals surface area contributed by atoms with Crippen molar-refractivity contribution < 1.29 is 4.79 Å². The number of carbonyl (C=O) groups excluding carboxylic acids is 1. The predicted molar refractivity (Wildman–Crippen MR) is 158 cm³/mol. The van der Waals surface area contributed by atoms with Gasteiger partial charge in [-0.3, -0.25) is 4.90 Å². The van der Waals surface area contributed by atoms with Crippen LogP contribution in [-0.2, 0) is 0 Å². The van der Waals surface area contributed by atoms with E-state index >= 15 is 0 Å². The number of piperidine rings is 1. The standard InChI is InChI=1S/C17H19N5S.C9H9ClN2O.C2H6/c1-23-14-7-5-13(6-8-14)20-17-15(11-18)19-12-16(21-17)22-9-3-2-4-10-22;10-7-2-1-3-8(6-7)12-5-4-11-9(12)13;1-2/h5-8,12H,2-4,9-10H2,1H3,(H,20,21);1-3,6H,4-5H2,(H,11,13);1-2H3. The Labute approximate surface area is 234 Å². The number of carbonyl (C=O) groups is 1. The van der Waals surface area contributed by atoms with Gasteiger partial charge in [-0.15, -0.1) is 11.8 Å². The third-order valence-corrected chi connectivity index (χ3v) is 6.85. The minimum Gasteiger partial charge on any atom is -0.355 e. The van der Waals surface area contributed by atoms with Crippen LogP contribution in [0.1, 0.15) is 38.8 Å². The quantitative estimate of drug-likeness (QED) is 0.340. The molecule has 0 spiro atoms. The fourth-order valence-corrected chi connectivity index (χ4v) is 4.59. The van der Waals surface area contributed by atoms with E-state index in [1.807, 2.05) is 56.5 Å². The number of hydrogen-bond donors (Lipinski definition) is 2. The summed E-state index contributed by atoms with van der Waals surface area (Å²) < 4.78 is 0. The minimum atomic E-state index is -0.0535. The number of benzene rings is 2. The number of nitrogens with one attached hydrogen (secondary N) is 2. The highest BCUT2D eigenvalue weighted by Crippen LogP contribution is 2.24. The molecule has 2 saturated heterocycles. The monoisotopic (exact) mass is 551 g/mol. The third kappa shape index (κ3) is 8.01. The van der Waals surface area contributed by atoms with Crippen LogP contribution in [0.5, 0.6) is 0 Å². The smallest absolute Gasteiger partial charge is 0.321 e. The van der Waals surface area contributed by atoms with Crippen LogP contribution >= 0.6 is 23.4 Å². The van der Waals surface area contributed by atoms with Crippen molar-refractivity contribution in [2.45, 2.75) is 38.0 Å². The molecule has 1 aromatic heterocycles. The van der Waals surface area contributed by atoms with Gasteiger partial charge < -0.3 is 15.5 Å². The molecule has 2 aliphatic heterocycles. The number of halogens is 1. The van der Waals surface area contributed by atoms with Crippen LogP contribution in [0.25, 0.3) is 0 Å². The van der Waals surface area contributed by atoms with Gasteiger partial charge in [0.2, 0.25) is 0 Å². The molecule has 0 atom stereocenters. The van der Waals surface area contributed by atoms with Crippen molar-refractivity contribution in [3.63, 3.8) is 0 Å². The average molecular weight is 552 g/mol. The molecular weight excluding hydrogens is 518 g/mol.